The van der Waals surface area contributed by atoms with E-state index in [9.17, 15) is 4.79 Å². The van der Waals surface area contributed by atoms with E-state index in [-0.39, 0.29) is 11.0 Å². The van der Waals surface area contributed by atoms with Crippen LogP contribution in [0.15, 0.2) is 35.1 Å². The molecular formula is C11H15NO. The minimum atomic E-state index is -0.143. The van der Waals surface area contributed by atoms with Gasteiger partial charge in [-0.3, -0.25) is 4.79 Å². The van der Waals surface area contributed by atoms with E-state index in [4.69, 9.17) is 1.37 Å². The van der Waals surface area contributed by atoms with E-state index in [1.165, 1.54) is 12.1 Å². The Bertz CT molecular complexity index is 382. The summed E-state index contributed by atoms with van der Waals surface area (Å²) in [6.45, 7) is 5.96. The molecule has 0 aliphatic carbocycles. The third-order valence-electron chi connectivity index (χ3n) is 1.45. The Balaban J connectivity index is 3.12. The first kappa shape index (κ1) is 8.30. The van der Waals surface area contributed by atoms with Crippen LogP contribution in [0.3, 0.4) is 0 Å². The molecule has 1 aromatic carbocycles. The van der Waals surface area contributed by atoms with Crippen molar-refractivity contribution in [2.45, 2.75) is 26.3 Å². The van der Waals surface area contributed by atoms with Crippen molar-refractivity contribution in [3.05, 3.63) is 40.5 Å². The number of hydrogen-bond donors (Lipinski definition) is 1. The summed E-state index contributed by atoms with van der Waals surface area (Å²) in [4.78, 5) is 11.5. The highest BCUT2D eigenvalue weighted by Crippen LogP contribution is 2.08. The zero-order valence-corrected chi connectivity index (χ0v) is 8.22. The highest BCUT2D eigenvalue weighted by Gasteiger charge is 2.09. The largest absolute Gasteiger partial charge is 0.377 e. The van der Waals surface area contributed by atoms with Gasteiger partial charge in [0.2, 0.25) is 5.43 Å². The van der Waals surface area contributed by atoms with Crippen molar-refractivity contribution in [1.82, 2.24) is 0 Å². The fraction of sp³-hybridized carbons (Fsp3) is 0.364. The van der Waals surface area contributed by atoms with Crippen molar-refractivity contribution in [2.75, 3.05) is 5.32 Å². The molecule has 0 fully saturated rings. The molecule has 0 aliphatic heterocycles. The summed E-state index contributed by atoms with van der Waals surface area (Å²) in [5, 5.41) is 3.10. The van der Waals surface area contributed by atoms with Crippen LogP contribution in [0, 0.1) is 0 Å². The van der Waals surface area contributed by atoms with Crippen molar-refractivity contribution in [1.29, 1.82) is 0 Å². The first-order valence-corrected chi connectivity index (χ1v) is 4.28. The summed E-state index contributed by atoms with van der Waals surface area (Å²) in [5.41, 5.74) is 0.310. The maximum Gasteiger partial charge on any atom is 0.201 e. The first-order valence-electron chi connectivity index (χ1n) is 4.78. The van der Waals surface area contributed by atoms with E-state index < -0.39 is 0 Å². The van der Waals surface area contributed by atoms with Crippen LogP contribution in [0.2, 0.25) is 0 Å². The van der Waals surface area contributed by atoms with Crippen LogP contribution < -0.4 is 10.7 Å². The lowest BCUT2D eigenvalue weighted by molar-refractivity contribution is 0.633. The maximum atomic E-state index is 11.5. The Kier molecular flexibility index (Phi) is 2.30. The molecule has 13 heavy (non-hydrogen) atoms. The summed E-state index contributed by atoms with van der Waals surface area (Å²) in [5.74, 6) is 0. The second-order valence-electron chi connectivity index (χ2n) is 3.99. The average molecular weight is 178 g/mol. The Morgan fingerprint density at radius 3 is 2.54 bits per heavy atom. The van der Waals surface area contributed by atoms with Crippen LogP contribution in [0.25, 0.3) is 0 Å². The Morgan fingerprint density at radius 2 is 1.92 bits per heavy atom. The van der Waals surface area contributed by atoms with Crippen LogP contribution in [-0.2, 0) is 0 Å². The van der Waals surface area contributed by atoms with E-state index >= 15 is 0 Å². The Labute approximate surface area is 80.0 Å². The summed E-state index contributed by atoms with van der Waals surface area (Å²) in [6, 6.07) is 6.50. The first-order chi connectivity index (χ1) is 6.38. The molecule has 0 bridgehead atoms. The number of nitrogens with one attached hydrogen (secondary N) is 1. The molecule has 0 saturated carbocycles. The molecule has 0 amide bonds. The molecule has 1 rings (SSSR count). The third kappa shape index (κ3) is 3.28. The molecule has 0 atom stereocenters. The summed E-state index contributed by atoms with van der Waals surface area (Å²) >= 11 is 0. The second kappa shape index (κ2) is 3.60. The van der Waals surface area contributed by atoms with Crippen LogP contribution in [0.4, 0.5) is 5.69 Å². The maximum absolute atomic E-state index is 11.5. The Hall–Kier alpha value is -1.31. The van der Waals surface area contributed by atoms with Gasteiger partial charge in [-0.15, -0.1) is 0 Å². The lowest BCUT2D eigenvalue weighted by Crippen LogP contribution is -2.28. The predicted octanol–water partition coefficient (Wildman–Crippen LogP) is 2.26. The molecule has 2 heteroatoms. The minimum Gasteiger partial charge on any atom is -0.377 e. The molecule has 1 N–H and O–H groups in total. The van der Waals surface area contributed by atoms with Crippen molar-refractivity contribution < 1.29 is 1.37 Å². The van der Waals surface area contributed by atoms with Gasteiger partial charge in [0.1, 0.15) is 0 Å². The Morgan fingerprint density at radius 1 is 1.31 bits per heavy atom. The van der Waals surface area contributed by atoms with Gasteiger partial charge in [-0.25, -0.2) is 0 Å². The van der Waals surface area contributed by atoms with Gasteiger partial charge in [0.25, 0.3) is 0 Å². The van der Waals surface area contributed by atoms with Gasteiger partial charge in [-0.2, -0.15) is 0 Å². The van der Waals surface area contributed by atoms with Crippen LogP contribution in [0.5, 0.6) is 0 Å². The second-order valence-corrected chi connectivity index (χ2v) is 3.99. The van der Waals surface area contributed by atoms with Crippen LogP contribution >= 0.6 is 0 Å². The fourth-order valence-electron chi connectivity index (χ4n) is 0.990. The molecule has 0 unspecified atom stereocenters. The van der Waals surface area contributed by atoms with E-state index in [1.807, 2.05) is 20.8 Å². The number of hydrogen-bond acceptors (Lipinski definition) is 2. The van der Waals surface area contributed by atoms with Crippen molar-refractivity contribution in [3.8, 4) is 0 Å². The molecule has 1 aromatic rings. The highest BCUT2D eigenvalue weighted by atomic mass is 16.1. The van der Waals surface area contributed by atoms with Crippen molar-refractivity contribution >= 4 is 5.69 Å². The highest BCUT2D eigenvalue weighted by molar-refractivity contribution is 5.43. The molecule has 0 saturated heterocycles. The third-order valence-corrected chi connectivity index (χ3v) is 1.45. The summed E-state index contributed by atoms with van der Waals surface area (Å²) < 4.78 is 7.37. The van der Waals surface area contributed by atoms with Crippen molar-refractivity contribution in [2.24, 2.45) is 0 Å². The van der Waals surface area contributed by atoms with E-state index in [1.54, 1.807) is 12.1 Å². The molecule has 0 aliphatic rings. The monoisotopic (exact) mass is 178 g/mol. The van der Waals surface area contributed by atoms with Gasteiger partial charge in [-0.1, -0.05) is 18.2 Å². The molecule has 2 nitrogen and oxygen atoms in total. The molecule has 0 aromatic heterocycles. The summed E-state index contributed by atoms with van der Waals surface area (Å²) in [6.07, 6.45) is 0. The zero-order valence-electron chi connectivity index (χ0n) is 9.22. The average Bonchev–Trinajstić information content (AvgIpc) is 2.17. The van der Waals surface area contributed by atoms with Crippen LogP contribution in [-0.4, -0.2) is 5.54 Å². The van der Waals surface area contributed by atoms with Gasteiger partial charge < -0.3 is 5.32 Å². The quantitative estimate of drug-likeness (QED) is 0.714. The van der Waals surface area contributed by atoms with E-state index in [2.05, 4.69) is 5.32 Å². The molecule has 70 valence electrons. The topological polar surface area (TPSA) is 29.1 Å². The SMILES string of the molecule is [2H]c1ccc(NC(C)(C)C)c(=O)cc1. The minimum absolute atomic E-state index is 0.0848. The van der Waals surface area contributed by atoms with Gasteiger partial charge in [0, 0.05) is 5.54 Å². The molecule has 0 heterocycles. The molecule has 0 radical (unpaired) electrons. The standard InChI is InChI=1S/C11H15NO/c1-11(2,3)12-9-7-5-4-6-8-10(9)13/h4-8H,1-3H3,(H,12,13)/i4D. The van der Waals surface area contributed by atoms with Crippen LogP contribution in [0.1, 0.15) is 22.1 Å². The number of rotatable bonds is 1. The lowest BCUT2D eigenvalue weighted by atomic mass is 10.1. The summed E-state index contributed by atoms with van der Waals surface area (Å²) in [7, 11) is 0. The van der Waals surface area contributed by atoms with E-state index in [0.717, 1.165) is 0 Å². The zero-order chi connectivity index (χ0) is 10.8. The van der Waals surface area contributed by atoms with Gasteiger partial charge >= 0.3 is 0 Å². The lowest BCUT2D eigenvalue weighted by Gasteiger charge is -2.20. The van der Waals surface area contributed by atoms with Gasteiger partial charge in [-0.05, 0) is 32.9 Å². The predicted molar refractivity (Wildman–Crippen MR) is 56.1 cm³/mol. The smallest absolute Gasteiger partial charge is 0.201 e. The van der Waals surface area contributed by atoms with E-state index in [0.29, 0.717) is 11.7 Å². The van der Waals surface area contributed by atoms with Gasteiger partial charge in [0.05, 0.1) is 7.06 Å². The fourth-order valence-corrected chi connectivity index (χ4v) is 0.990. The van der Waals surface area contributed by atoms with Gasteiger partial charge in [0.15, 0.2) is 0 Å². The normalized spacial score (nSPS) is 12.1. The number of anilines is 1. The molecule has 0 spiro atoms. The van der Waals surface area contributed by atoms with Crippen molar-refractivity contribution in [3.63, 3.8) is 0 Å². The molecular weight excluding hydrogens is 162 g/mol.